The molecule has 1 saturated heterocycles. The Bertz CT molecular complexity index is 577. The largest absolute Gasteiger partial charge is 0.328 e. The number of benzene rings is 1. The van der Waals surface area contributed by atoms with E-state index in [1.54, 1.807) is 12.1 Å². The number of nitrogens with two attached hydrogens (primary N) is 1. The molecule has 2 fully saturated rings. The summed E-state index contributed by atoms with van der Waals surface area (Å²) in [6.07, 6.45) is 4.71. The van der Waals surface area contributed by atoms with E-state index in [2.05, 4.69) is 6.07 Å². The maximum absolute atomic E-state index is 12.8. The Balaban J connectivity index is 1.87. The molecule has 1 saturated carbocycles. The third-order valence-electron chi connectivity index (χ3n) is 4.68. The second kappa shape index (κ2) is 4.92. The van der Waals surface area contributed by atoms with Gasteiger partial charge in [-0.3, -0.25) is 4.79 Å². The van der Waals surface area contributed by atoms with E-state index in [4.69, 9.17) is 11.0 Å². The molecule has 1 spiro atoms. The number of nitriles is 1. The van der Waals surface area contributed by atoms with Crippen LogP contribution in [0.2, 0.25) is 0 Å². The molecule has 1 heterocycles. The van der Waals surface area contributed by atoms with Gasteiger partial charge in [-0.15, -0.1) is 0 Å². The average molecular weight is 269 g/mol. The summed E-state index contributed by atoms with van der Waals surface area (Å²) < 4.78 is 0. The van der Waals surface area contributed by atoms with Crippen LogP contribution in [0.1, 0.15) is 37.7 Å². The zero-order valence-corrected chi connectivity index (χ0v) is 11.5. The van der Waals surface area contributed by atoms with Crippen LogP contribution in [-0.2, 0) is 4.79 Å². The maximum Gasteiger partial charge on any atom is 0.233 e. The fourth-order valence-corrected chi connectivity index (χ4v) is 3.64. The van der Waals surface area contributed by atoms with Gasteiger partial charge in [0.1, 0.15) is 0 Å². The number of anilines is 1. The van der Waals surface area contributed by atoms with Crippen molar-refractivity contribution in [1.29, 1.82) is 5.26 Å². The summed E-state index contributed by atoms with van der Waals surface area (Å²) in [7, 11) is 0. The molecule has 2 aliphatic rings. The highest BCUT2D eigenvalue weighted by atomic mass is 16.2. The van der Waals surface area contributed by atoms with Gasteiger partial charge in [-0.1, -0.05) is 12.5 Å². The fraction of sp³-hybridized carbons (Fsp3) is 0.500. The zero-order valence-electron chi connectivity index (χ0n) is 11.5. The predicted octanol–water partition coefficient (Wildman–Crippen LogP) is 2.18. The van der Waals surface area contributed by atoms with Crippen molar-refractivity contribution in [2.45, 2.75) is 38.1 Å². The summed E-state index contributed by atoms with van der Waals surface area (Å²) in [6.45, 7) is 0.737. The molecule has 3 rings (SSSR count). The Kier molecular flexibility index (Phi) is 3.23. The molecule has 2 N–H and O–H groups in total. The number of hydrogen-bond donors (Lipinski definition) is 1. The van der Waals surface area contributed by atoms with Crippen molar-refractivity contribution in [3.05, 3.63) is 29.8 Å². The minimum absolute atomic E-state index is 0.151. The predicted molar refractivity (Wildman–Crippen MR) is 77.0 cm³/mol. The van der Waals surface area contributed by atoms with Crippen LogP contribution >= 0.6 is 0 Å². The smallest absolute Gasteiger partial charge is 0.233 e. The number of amides is 1. The van der Waals surface area contributed by atoms with E-state index in [0.717, 1.165) is 44.3 Å². The van der Waals surface area contributed by atoms with Crippen LogP contribution in [0, 0.1) is 16.7 Å². The second-order valence-corrected chi connectivity index (χ2v) is 6.01. The quantitative estimate of drug-likeness (QED) is 0.849. The normalized spacial score (nSPS) is 29.7. The number of carbonyl (C=O) groups excluding carboxylic acids is 1. The van der Waals surface area contributed by atoms with E-state index in [0.29, 0.717) is 5.56 Å². The molecule has 104 valence electrons. The van der Waals surface area contributed by atoms with E-state index in [1.165, 1.54) is 0 Å². The third-order valence-corrected chi connectivity index (χ3v) is 4.68. The minimum Gasteiger partial charge on any atom is -0.328 e. The van der Waals surface area contributed by atoms with Crippen molar-refractivity contribution in [3.63, 3.8) is 0 Å². The second-order valence-electron chi connectivity index (χ2n) is 6.01. The molecule has 1 aliphatic carbocycles. The summed E-state index contributed by atoms with van der Waals surface area (Å²) in [5, 5.41) is 8.98. The number of rotatable bonds is 1. The third kappa shape index (κ3) is 2.08. The molecule has 2 unspecified atom stereocenters. The van der Waals surface area contributed by atoms with Crippen molar-refractivity contribution in [2.75, 3.05) is 11.4 Å². The van der Waals surface area contributed by atoms with E-state index >= 15 is 0 Å². The molecule has 0 aromatic heterocycles. The molecular weight excluding hydrogens is 250 g/mol. The topological polar surface area (TPSA) is 70.1 Å². The van der Waals surface area contributed by atoms with Crippen molar-refractivity contribution in [2.24, 2.45) is 11.1 Å². The summed E-state index contributed by atoms with van der Waals surface area (Å²) in [5.74, 6) is 0.197. The van der Waals surface area contributed by atoms with Gasteiger partial charge >= 0.3 is 0 Å². The first-order valence-corrected chi connectivity index (χ1v) is 7.22. The Morgan fingerprint density at radius 2 is 2.25 bits per heavy atom. The lowest BCUT2D eigenvalue weighted by Gasteiger charge is -2.35. The van der Waals surface area contributed by atoms with Crippen LogP contribution in [0.5, 0.6) is 0 Å². The first-order valence-electron chi connectivity index (χ1n) is 7.22. The van der Waals surface area contributed by atoms with Crippen LogP contribution < -0.4 is 10.6 Å². The molecule has 1 aromatic carbocycles. The van der Waals surface area contributed by atoms with Crippen molar-refractivity contribution < 1.29 is 4.79 Å². The molecule has 0 bridgehead atoms. The van der Waals surface area contributed by atoms with Gasteiger partial charge in [-0.05, 0) is 43.9 Å². The van der Waals surface area contributed by atoms with Gasteiger partial charge in [-0.2, -0.15) is 5.26 Å². The van der Waals surface area contributed by atoms with E-state index in [1.807, 2.05) is 17.0 Å². The lowest BCUT2D eigenvalue weighted by atomic mass is 9.71. The highest BCUT2D eigenvalue weighted by molar-refractivity contribution is 6.00. The lowest BCUT2D eigenvalue weighted by Crippen LogP contribution is -2.42. The first-order chi connectivity index (χ1) is 9.64. The monoisotopic (exact) mass is 269 g/mol. The summed E-state index contributed by atoms with van der Waals surface area (Å²) in [5.41, 5.74) is 7.25. The molecule has 1 aliphatic heterocycles. The van der Waals surface area contributed by atoms with Crippen molar-refractivity contribution in [1.82, 2.24) is 0 Å². The summed E-state index contributed by atoms with van der Waals surface area (Å²) >= 11 is 0. The van der Waals surface area contributed by atoms with Gasteiger partial charge in [0.25, 0.3) is 0 Å². The van der Waals surface area contributed by atoms with Gasteiger partial charge in [0.15, 0.2) is 0 Å². The van der Waals surface area contributed by atoms with E-state index in [9.17, 15) is 4.79 Å². The van der Waals surface area contributed by atoms with Crippen LogP contribution in [0.15, 0.2) is 24.3 Å². The molecule has 1 amide bonds. The summed E-state index contributed by atoms with van der Waals surface area (Å²) in [6, 6.07) is 9.56. The van der Waals surface area contributed by atoms with Gasteiger partial charge in [0.2, 0.25) is 5.91 Å². The Morgan fingerprint density at radius 3 is 3.00 bits per heavy atom. The molecule has 1 aromatic rings. The van der Waals surface area contributed by atoms with Gasteiger partial charge in [-0.25, -0.2) is 0 Å². The fourth-order valence-electron chi connectivity index (χ4n) is 3.64. The summed E-state index contributed by atoms with van der Waals surface area (Å²) in [4.78, 5) is 14.6. The van der Waals surface area contributed by atoms with Crippen LogP contribution in [0.4, 0.5) is 5.69 Å². The SMILES string of the molecule is N#Cc1cccc(N2CCC3(CCCC(N)C3)C2=O)c1. The number of nitrogens with zero attached hydrogens (tertiary/aromatic N) is 2. The highest BCUT2D eigenvalue weighted by Crippen LogP contribution is 2.45. The standard InChI is InChI=1S/C16H19N3O/c17-11-12-3-1-5-14(9-12)19-8-7-16(15(19)20)6-2-4-13(18)10-16/h1,3,5,9,13H,2,4,6-8,10,18H2. The number of carbonyl (C=O) groups is 1. The molecule has 20 heavy (non-hydrogen) atoms. The first kappa shape index (κ1) is 13.1. The Hall–Kier alpha value is -1.86. The van der Waals surface area contributed by atoms with Gasteiger partial charge in [0, 0.05) is 18.3 Å². The highest BCUT2D eigenvalue weighted by Gasteiger charge is 2.48. The lowest BCUT2D eigenvalue weighted by molar-refractivity contribution is -0.127. The molecule has 4 heteroatoms. The zero-order chi connectivity index (χ0) is 14.2. The molecule has 4 nitrogen and oxygen atoms in total. The van der Waals surface area contributed by atoms with Crippen LogP contribution in [0.25, 0.3) is 0 Å². The van der Waals surface area contributed by atoms with Gasteiger partial charge in [0.05, 0.1) is 17.0 Å². The van der Waals surface area contributed by atoms with E-state index < -0.39 is 0 Å². The van der Waals surface area contributed by atoms with Crippen LogP contribution in [0.3, 0.4) is 0 Å². The molecular formula is C16H19N3O. The Morgan fingerprint density at radius 1 is 1.40 bits per heavy atom. The van der Waals surface area contributed by atoms with Crippen LogP contribution in [-0.4, -0.2) is 18.5 Å². The van der Waals surface area contributed by atoms with Gasteiger partial charge < -0.3 is 10.6 Å². The van der Waals surface area contributed by atoms with E-state index in [-0.39, 0.29) is 17.4 Å². The molecule has 0 radical (unpaired) electrons. The molecule has 2 atom stereocenters. The number of hydrogen-bond acceptors (Lipinski definition) is 3. The maximum atomic E-state index is 12.8. The minimum atomic E-state index is -0.250. The average Bonchev–Trinajstić information content (AvgIpc) is 2.76. The van der Waals surface area contributed by atoms with Crippen molar-refractivity contribution >= 4 is 11.6 Å². The Labute approximate surface area is 119 Å². The van der Waals surface area contributed by atoms with Crippen molar-refractivity contribution in [3.8, 4) is 6.07 Å².